The summed E-state index contributed by atoms with van der Waals surface area (Å²) in [5, 5.41) is 9.52. The Balaban J connectivity index is 2.13. The van der Waals surface area contributed by atoms with E-state index >= 15 is 0 Å². The smallest absolute Gasteiger partial charge is 0.120 e. The van der Waals surface area contributed by atoms with Gasteiger partial charge in [-0.1, -0.05) is 12.1 Å². The van der Waals surface area contributed by atoms with Crippen LogP contribution in [0.2, 0.25) is 0 Å². The summed E-state index contributed by atoms with van der Waals surface area (Å²) in [4.78, 5) is 4.27. The van der Waals surface area contributed by atoms with Gasteiger partial charge < -0.3 is 10.8 Å². The Labute approximate surface area is 101 Å². The summed E-state index contributed by atoms with van der Waals surface area (Å²) in [7, 11) is 0. The lowest BCUT2D eigenvalue weighted by Crippen LogP contribution is -2.00. The Morgan fingerprint density at radius 1 is 1.18 bits per heavy atom. The molecule has 3 N–H and O–H groups in total. The van der Waals surface area contributed by atoms with Crippen molar-refractivity contribution >= 4 is 5.69 Å². The lowest BCUT2D eigenvalue weighted by atomic mass is 10.0. The molecule has 0 saturated heterocycles. The number of aryl methyl sites for hydroxylation is 2. The third kappa shape index (κ3) is 2.56. The van der Waals surface area contributed by atoms with E-state index in [-0.39, 0.29) is 5.75 Å². The maximum Gasteiger partial charge on any atom is 0.120 e. The maximum atomic E-state index is 9.52. The van der Waals surface area contributed by atoms with Gasteiger partial charge in [0.1, 0.15) is 5.75 Å². The molecular weight excluding hydrogens is 212 g/mol. The Kier molecular flexibility index (Phi) is 3.28. The van der Waals surface area contributed by atoms with E-state index in [0.29, 0.717) is 5.69 Å². The highest BCUT2D eigenvalue weighted by molar-refractivity contribution is 5.58. The third-order valence-electron chi connectivity index (χ3n) is 2.95. The summed E-state index contributed by atoms with van der Waals surface area (Å²) >= 11 is 0. The summed E-state index contributed by atoms with van der Waals surface area (Å²) in [5.74, 6) is 0.254. The quantitative estimate of drug-likeness (QED) is 0.793. The molecule has 88 valence electrons. The van der Waals surface area contributed by atoms with Crippen LogP contribution in [0.5, 0.6) is 5.75 Å². The summed E-state index contributed by atoms with van der Waals surface area (Å²) in [6.07, 6.45) is 3.49. The van der Waals surface area contributed by atoms with Gasteiger partial charge in [-0.25, -0.2) is 0 Å². The Morgan fingerprint density at radius 2 is 2.00 bits per heavy atom. The fourth-order valence-corrected chi connectivity index (χ4v) is 1.80. The molecule has 17 heavy (non-hydrogen) atoms. The number of anilines is 1. The van der Waals surface area contributed by atoms with Crippen molar-refractivity contribution < 1.29 is 5.11 Å². The minimum absolute atomic E-state index is 0.254. The number of aromatic hydroxyl groups is 1. The van der Waals surface area contributed by atoms with Gasteiger partial charge in [0.05, 0.1) is 0 Å². The number of nitrogens with zero attached hydrogens (tertiary/aromatic N) is 1. The van der Waals surface area contributed by atoms with Gasteiger partial charge in [0.2, 0.25) is 0 Å². The van der Waals surface area contributed by atoms with E-state index < -0.39 is 0 Å². The fraction of sp³-hybridized carbons (Fsp3) is 0.214. The molecule has 0 bridgehead atoms. The molecule has 0 amide bonds. The van der Waals surface area contributed by atoms with E-state index in [9.17, 15) is 5.11 Å². The van der Waals surface area contributed by atoms with Crippen molar-refractivity contribution in [3.63, 3.8) is 0 Å². The number of nitrogens with two attached hydrogens (primary N) is 1. The van der Waals surface area contributed by atoms with E-state index in [1.165, 1.54) is 0 Å². The van der Waals surface area contributed by atoms with E-state index in [1.807, 2.05) is 31.2 Å². The van der Waals surface area contributed by atoms with E-state index in [1.54, 1.807) is 12.3 Å². The van der Waals surface area contributed by atoms with E-state index in [0.717, 1.165) is 29.7 Å². The molecule has 0 atom stereocenters. The Morgan fingerprint density at radius 3 is 2.71 bits per heavy atom. The first kappa shape index (κ1) is 11.5. The van der Waals surface area contributed by atoms with Crippen molar-refractivity contribution in [2.45, 2.75) is 19.8 Å². The number of aromatic nitrogens is 1. The van der Waals surface area contributed by atoms with Crippen LogP contribution in [0.25, 0.3) is 0 Å². The zero-order chi connectivity index (χ0) is 12.3. The Bertz CT molecular complexity index is 509. The second-order valence-electron chi connectivity index (χ2n) is 4.10. The van der Waals surface area contributed by atoms with E-state index in [4.69, 9.17) is 5.73 Å². The number of phenolic OH excluding ortho intramolecular Hbond substituents is 1. The molecule has 1 heterocycles. The minimum Gasteiger partial charge on any atom is -0.508 e. The summed E-state index contributed by atoms with van der Waals surface area (Å²) in [6.45, 7) is 1.83. The van der Waals surface area contributed by atoms with Crippen molar-refractivity contribution in [1.29, 1.82) is 0 Å². The van der Waals surface area contributed by atoms with Gasteiger partial charge >= 0.3 is 0 Å². The van der Waals surface area contributed by atoms with Crippen LogP contribution in [0.15, 0.2) is 36.5 Å². The topological polar surface area (TPSA) is 59.1 Å². The highest BCUT2D eigenvalue weighted by Gasteiger charge is 2.06. The van der Waals surface area contributed by atoms with Gasteiger partial charge in [0.25, 0.3) is 0 Å². The van der Waals surface area contributed by atoms with Crippen molar-refractivity contribution in [3.05, 3.63) is 53.3 Å². The number of hydrogen-bond acceptors (Lipinski definition) is 3. The predicted octanol–water partition coefficient (Wildman–Crippen LogP) is 2.46. The first-order valence-electron chi connectivity index (χ1n) is 5.65. The normalized spacial score (nSPS) is 10.4. The molecular formula is C14H16N2O. The molecule has 3 nitrogen and oxygen atoms in total. The summed E-state index contributed by atoms with van der Waals surface area (Å²) in [5.41, 5.74) is 9.52. The number of pyridine rings is 1. The first-order valence-corrected chi connectivity index (χ1v) is 5.65. The van der Waals surface area contributed by atoms with Crippen LogP contribution in [0.4, 0.5) is 5.69 Å². The zero-order valence-corrected chi connectivity index (χ0v) is 9.85. The molecule has 0 aliphatic carbocycles. The van der Waals surface area contributed by atoms with Crippen LogP contribution in [0, 0.1) is 6.92 Å². The SMILES string of the molecule is Cc1c(O)ccc(CCc2ccccn2)c1N. The monoisotopic (exact) mass is 228 g/mol. The average molecular weight is 228 g/mol. The van der Waals surface area contributed by atoms with Gasteiger partial charge in [0.15, 0.2) is 0 Å². The van der Waals surface area contributed by atoms with Crippen LogP contribution in [0.3, 0.4) is 0 Å². The molecule has 2 rings (SSSR count). The van der Waals surface area contributed by atoms with Crippen molar-refractivity contribution in [2.24, 2.45) is 0 Å². The number of phenols is 1. The molecule has 0 fully saturated rings. The molecule has 0 aliphatic rings. The molecule has 0 unspecified atom stereocenters. The van der Waals surface area contributed by atoms with Crippen molar-refractivity contribution in [2.75, 3.05) is 5.73 Å². The van der Waals surface area contributed by atoms with Gasteiger partial charge in [-0.15, -0.1) is 0 Å². The number of benzene rings is 1. The molecule has 3 heteroatoms. The highest BCUT2D eigenvalue weighted by atomic mass is 16.3. The second-order valence-corrected chi connectivity index (χ2v) is 4.10. The lowest BCUT2D eigenvalue weighted by Gasteiger charge is -2.09. The molecule has 1 aromatic carbocycles. The molecule has 0 aliphatic heterocycles. The van der Waals surface area contributed by atoms with Crippen LogP contribution >= 0.6 is 0 Å². The maximum absolute atomic E-state index is 9.52. The van der Waals surface area contributed by atoms with Crippen molar-refractivity contribution in [1.82, 2.24) is 4.98 Å². The van der Waals surface area contributed by atoms with Gasteiger partial charge in [-0.05, 0) is 43.5 Å². The molecule has 0 radical (unpaired) electrons. The van der Waals surface area contributed by atoms with Crippen LogP contribution in [-0.2, 0) is 12.8 Å². The fourth-order valence-electron chi connectivity index (χ4n) is 1.80. The van der Waals surface area contributed by atoms with Crippen LogP contribution in [0.1, 0.15) is 16.8 Å². The van der Waals surface area contributed by atoms with Crippen molar-refractivity contribution in [3.8, 4) is 5.75 Å². The highest BCUT2D eigenvalue weighted by Crippen LogP contribution is 2.26. The largest absolute Gasteiger partial charge is 0.508 e. The average Bonchev–Trinajstić information content (AvgIpc) is 2.36. The molecule has 0 spiro atoms. The van der Waals surface area contributed by atoms with E-state index in [2.05, 4.69) is 4.98 Å². The third-order valence-corrected chi connectivity index (χ3v) is 2.95. The summed E-state index contributed by atoms with van der Waals surface area (Å²) in [6, 6.07) is 9.46. The second kappa shape index (κ2) is 4.87. The standard InChI is InChI=1S/C14H16N2O/c1-10-13(17)8-6-11(14(10)15)5-7-12-4-2-3-9-16-12/h2-4,6,8-9,17H,5,7,15H2,1H3. The summed E-state index contributed by atoms with van der Waals surface area (Å²) < 4.78 is 0. The van der Waals surface area contributed by atoms with Gasteiger partial charge in [0, 0.05) is 23.1 Å². The number of hydrogen-bond donors (Lipinski definition) is 2. The zero-order valence-electron chi connectivity index (χ0n) is 9.85. The lowest BCUT2D eigenvalue weighted by molar-refractivity contribution is 0.471. The van der Waals surface area contributed by atoms with Gasteiger partial charge in [-0.3, -0.25) is 4.98 Å². The van der Waals surface area contributed by atoms with Crippen LogP contribution < -0.4 is 5.73 Å². The molecule has 0 saturated carbocycles. The Hall–Kier alpha value is -2.03. The van der Waals surface area contributed by atoms with Crippen LogP contribution in [-0.4, -0.2) is 10.1 Å². The molecule has 2 aromatic rings. The number of rotatable bonds is 3. The molecule has 1 aromatic heterocycles. The van der Waals surface area contributed by atoms with Gasteiger partial charge in [-0.2, -0.15) is 0 Å². The minimum atomic E-state index is 0.254. The first-order chi connectivity index (χ1) is 8.18. The number of nitrogen functional groups attached to an aromatic ring is 1. The predicted molar refractivity (Wildman–Crippen MR) is 68.9 cm³/mol.